The smallest absolute Gasteiger partial charge is 0.222 e. The van der Waals surface area contributed by atoms with Gasteiger partial charge in [-0.15, -0.1) is 0 Å². The number of rotatable bonds is 4. The molecule has 0 saturated carbocycles. The molecule has 0 bridgehead atoms. The lowest BCUT2D eigenvalue weighted by atomic mass is 10.2. The van der Waals surface area contributed by atoms with Crippen molar-refractivity contribution in [2.45, 2.75) is 19.3 Å². The highest BCUT2D eigenvalue weighted by atomic mass is 16.5. The average molecular weight is 186 g/mol. The molecule has 0 aromatic heterocycles. The summed E-state index contributed by atoms with van der Waals surface area (Å²) in [7, 11) is 0. The van der Waals surface area contributed by atoms with Gasteiger partial charge in [-0.05, 0) is 19.4 Å². The number of carbonyl (C=O) groups excluding carboxylic acids is 1. The lowest BCUT2D eigenvalue weighted by Crippen LogP contribution is -2.40. The van der Waals surface area contributed by atoms with Crippen molar-refractivity contribution >= 4 is 5.91 Å². The molecule has 0 aromatic rings. The van der Waals surface area contributed by atoms with Crippen molar-refractivity contribution in [3.8, 4) is 0 Å². The van der Waals surface area contributed by atoms with Crippen LogP contribution in [0.2, 0.25) is 0 Å². The highest BCUT2D eigenvalue weighted by molar-refractivity contribution is 5.76. The molecular weight excluding hydrogens is 168 g/mol. The van der Waals surface area contributed by atoms with Crippen LogP contribution in [0.4, 0.5) is 0 Å². The monoisotopic (exact) mass is 186 g/mol. The number of ether oxygens (including phenoxy) is 1. The van der Waals surface area contributed by atoms with Gasteiger partial charge in [0.25, 0.3) is 0 Å². The fourth-order valence-electron chi connectivity index (χ4n) is 1.39. The van der Waals surface area contributed by atoms with Crippen LogP contribution in [-0.4, -0.2) is 43.7 Å². The topological polar surface area (TPSA) is 55.6 Å². The van der Waals surface area contributed by atoms with Gasteiger partial charge in [-0.25, -0.2) is 0 Å². The van der Waals surface area contributed by atoms with Crippen molar-refractivity contribution in [2.75, 3.05) is 32.8 Å². The summed E-state index contributed by atoms with van der Waals surface area (Å²) in [5.74, 6) is 0.247. The molecule has 1 amide bonds. The maximum Gasteiger partial charge on any atom is 0.222 e. The fourth-order valence-corrected chi connectivity index (χ4v) is 1.39. The van der Waals surface area contributed by atoms with Crippen LogP contribution in [0.15, 0.2) is 0 Å². The number of nitrogens with zero attached hydrogens (tertiary/aromatic N) is 1. The van der Waals surface area contributed by atoms with Crippen molar-refractivity contribution < 1.29 is 9.53 Å². The molecule has 1 aliphatic rings. The third-order valence-electron chi connectivity index (χ3n) is 2.21. The van der Waals surface area contributed by atoms with Crippen LogP contribution in [0, 0.1) is 0 Å². The van der Waals surface area contributed by atoms with Crippen molar-refractivity contribution in [3.63, 3.8) is 0 Å². The molecule has 2 N–H and O–H groups in total. The molecule has 1 saturated heterocycles. The summed E-state index contributed by atoms with van der Waals surface area (Å²) < 4.78 is 5.16. The fraction of sp³-hybridized carbons (Fsp3) is 0.889. The number of unbranched alkanes of at least 4 members (excludes halogenated alkanes) is 1. The molecule has 76 valence electrons. The predicted molar refractivity (Wildman–Crippen MR) is 50.3 cm³/mol. The number of hydrogen-bond acceptors (Lipinski definition) is 3. The predicted octanol–water partition coefficient (Wildman–Crippen LogP) is -0.0258. The molecule has 0 spiro atoms. The molecule has 4 heteroatoms. The Labute approximate surface area is 79.0 Å². The minimum absolute atomic E-state index is 0.247. The first-order chi connectivity index (χ1) is 6.34. The second-order valence-electron chi connectivity index (χ2n) is 3.24. The molecule has 0 aromatic carbocycles. The standard InChI is InChI=1S/C9H18N2O2/c10-4-2-1-3-9(12)11-5-7-13-8-6-11/h1-8,10H2. The summed E-state index contributed by atoms with van der Waals surface area (Å²) in [5.41, 5.74) is 5.35. The van der Waals surface area contributed by atoms with Crippen LogP contribution >= 0.6 is 0 Å². The zero-order valence-electron chi connectivity index (χ0n) is 8.00. The molecule has 13 heavy (non-hydrogen) atoms. The highest BCUT2D eigenvalue weighted by Gasteiger charge is 2.15. The van der Waals surface area contributed by atoms with E-state index in [4.69, 9.17) is 10.5 Å². The van der Waals surface area contributed by atoms with Gasteiger partial charge >= 0.3 is 0 Å². The van der Waals surface area contributed by atoms with E-state index in [0.29, 0.717) is 26.2 Å². The molecule has 1 heterocycles. The summed E-state index contributed by atoms with van der Waals surface area (Å²) in [4.78, 5) is 13.4. The number of carbonyl (C=O) groups is 1. The van der Waals surface area contributed by atoms with E-state index in [1.54, 1.807) is 0 Å². The molecule has 1 aliphatic heterocycles. The van der Waals surface area contributed by atoms with Gasteiger partial charge in [-0.3, -0.25) is 4.79 Å². The lowest BCUT2D eigenvalue weighted by Gasteiger charge is -2.26. The number of hydrogen-bond donors (Lipinski definition) is 1. The van der Waals surface area contributed by atoms with Crippen LogP contribution in [0.1, 0.15) is 19.3 Å². The number of amides is 1. The molecule has 0 radical (unpaired) electrons. The summed E-state index contributed by atoms with van der Waals surface area (Å²) in [6.07, 6.45) is 2.49. The van der Waals surface area contributed by atoms with Crippen LogP contribution in [0.5, 0.6) is 0 Å². The molecule has 4 nitrogen and oxygen atoms in total. The van der Waals surface area contributed by atoms with E-state index in [1.807, 2.05) is 4.90 Å². The van der Waals surface area contributed by atoms with Gasteiger partial charge in [0.2, 0.25) is 5.91 Å². The zero-order chi connectivity index (χ0) is 9.52. The Morgan fingerprint density at radius 2 is 2.00 bits per heavy atom. The summed E-state index contributed by atoms with van der Waals surface area (Å²) in [6, 6.07) is 0. The second-order valence-corrected chi connectivity index (χ2v) is 3.24. The molecule has 0 aliphatic carbocycles. The molecule has 0 atom stereocenters. The first-order valence-corrected chi connectivity index (χ1v) is 4.90. The summed E-state index contributed by atoms with van der Waals surface area (Å²) in [6.45, 7) is 3.55. The number of nitrogens with two attached hydrogens (primary N) is 1. The van der Waals surface area contributed by atoms with E-state index in [2.05, 4.69) is 0 Å². The van der Waals surface area contributed by atoms with Gasteiger partial charge in [0.15, 0.2) is 0 Å². The van der Waals surface area contributed by atoms with Gasteiger partial charge in [-0.2, -0.15) is 0 Å². The highest BCUT2D eigenvalue weighted by Crippen LogP contribution is 2.03. The number of morpholine rings is 1. The first kappa shape index (κ1) is 10.5. The van der Waals surface area contributed by atoms with E-state index in [1.165, 1.54) is 0 Å². The quantitative estimate of drug-likeness (QED) is 0.627. The van der Waals surface area contributed by atoms with Gasteiger partial charge in [0.05, 0.1) is 13.2 Å². The van der Waals surface area contributed by atoms with Crippen molar-refractivity contribution in [1.82, 2.24) is 4.90 Å². The summed E-state index contributed by atoms with van der Waals surface area (Å²) >= 11 is 0. The van der Waals surface area contributed by atoms with E-state index in [9.17, 15) is 4.79 Å². The van der Waals surface area contributed by atoms with E-state index < -0.39 is 0 Å². The molecule has 1 rings (SSSR count). The minimum atomic E-state index is 0.247. The normalized spacial score (nSPS) is 17.5. The SMILES string of the molecule is NCCCCC(=O)N1CCOCC1. The average Bonchev–Trinajstić information content (AvgIpc) is 2.19. The third kappa shape index (κ3) is 3.74. The van der Waals surface area contributed by atoms with Gasteiger partial charge in [0, 0.05) is 19.5 Å². The Balaban J connectivity index is 2.13. The van der Waals surface area contributed by atoms with Gasteiger partial charge in [0.1, 0.15) is 0 Å². The second kappa shape index (κ2) is 5.94. The minimum Gasteiger partial charge on any atom is -0.378 e. The zero-order valence-corrected chi connectivity index (χ0v) is 8.00. The lowest BCUT2D eigenvalue weighted by molar-refractivity contribution is -0.135. The van der Waals surface area contributed by atoms with Crippen molar-refractivity contribution in [1.29, 1.82) is 0 Å². The van der Waals surface area contributed by atoms with Crippen LogP contribution in [0.3, 0.4) is 0 Å². The van der Waals surface area contributed by atoms with E-state index in [-0.39, 0.29) is 5.91 Å². The van der Waals surface area contributed by atoms with E-state index >= 15 is 0 Å². The van der Waals surface area contributed by atoms with Crippen LogP contribution in [0.25, 0.3) is 0 Å². The van der Waals surface area contributed by atoms with Crippen molar-refractivity contribution in [3.05, 3.63) is 0 Å². The molecule has 0 unspecified atom stereocenters. The first-order valence-electron chi connectivity index (χ1n) is 4.90. The summed E-state index contributed by atoms with van der Waals surface area (Å²) in [5, 5.41) is 0. The maximum atomic E-state index is 11.5. The Kier molecular flexibility index (Phi) is 4.78. The Morgan fingerprint density at radius 1 is 1.31 bits per heavy atom. The van der Waals surface area contributed by atoms with Crippen LogP contribution in [-0.2, 0) is 9.53 Å². The maximum absolute atomic E-state index is 11.5. The molecular formula is C9H18N2O2. The Hall–Kier alpha value is -0.610. The van der Waals surface area contributed by atoms with Gasteiger partial charge in [-0.1, -0.05) is 0 Å². The third-order valence-corrected chi connectivity index (χ3v) is 2.21. The van der Waals surface area contributed by atoms with Crippen molar-refractivity contribution in [2.24, 2.45) is 5.73 Å². The van der Waals surface area contributed by atoms with E-state index in [0.717, 1.165) is 25.9 Å². The largest absolute Gasteiger partial charge is 0.378 e. The molecule has 1 fully saturated rings. The Bertz CT molecular complexity index is 156. The van der Waals surface area contributed by atoms with Crippen LogP contribution < -0.4 is 5.73 Å². The van der Waals surface area contributed by atoms with Gasteiger partial charge < -0.3 is 15.4 Å². The Morgan fingerprint density at radius 3 is 2.62 bits per heavy atom.